The highest BCUT2D eigenvalue weighted by atomic mass is 16.2. The third-order valence-corrected chi connectivity index (χ3v) is 2.89. The summed E-state index contributed by atoms with van der Waals surface area (Å²) in [6, 6.07) is 1.89. The fourth-order valence-corrected chi connectivity index (χ4v) is 2.04. The van der Waals surface area contributed by atoms with E-state index < -0.39 is 0 Å². The van der Waals surface area contributed by atoms with Gasteiger partial charge in [0, 0.05) is 25.3 Å². The van der Waals surface area contributed by atoms with Crippen molar-refractivity contribution in [2.45, 2.75) is 25.3 Å². The van der Waals surface area contributed by atoms with Crippen LogP contribution in [0.1, 0.15) is 29.8 Å². The van der Waals surface area contributed by atoms with Gasteiger partial charge < -0.3 is 10.6 Å². The van der Waals surface area contributed by atoms with Gasteiger partial charge in [0.25, 0.3) is 5.91 Å². The van der Waals surface area contributed by atoms with Crippen LogP contribution in [0.15, 0.2) is 12.3 Å². The maximum Gasteiger partial charge on any atom is 0.272 e. The highest BCUT2D eigenvalue weighted by Crippen LogP contribution is 2.18. The Morgan fingerprint density at radius 1 is 1.67 bits per heavy atom. The van der Waals surface area contributed by atoms with Gasteiger partial charge in [-0.15, -0.1) is 0 Å². The number of nitrogens with zero attached hydrogens (tertiary/aromatic N) is 2. The van der Waals surface area contributed by atoms with Crippen molar-refractivity contribution in [3.63, 3.8) is 0 Å². The lowest BCUT2D eigenvalue weighted by molar-refractivity contribution is 0.0617. The molecule has 1 aromatic heterocycles. The van der Waals surface area contributed by atoms with Crippen molar-refractivity contribution in [3.8, 4) is 0 Å². The van der Waals surface area contributed by atoms with Crippen LogP contribution in [-0.2, 0) is 0 Å². The van der Waals surface area contributed by atoms with Gasteiger partial charge in [0.1, 0.15) is 5.69 Å². The molecule has 0 radical (unpaired) electrons. The van der Waals surface area contributed by atoms with Gasteiger partial charge in [-0.2, -0.15) is 5.10 Å². The Bertz CT molecular complexity index is 322. The van der Waals surface area contributed by atoms with E-state index >= 15 is 0 Å². The fourth-order valence-electron chi connectivity index (χ4n) is 2.04. The second-order valence-corrected chi connectivity index (χ2v) is 3.85. The SMILES string of the molecule is NCC1CCCCN1C(=O)c1ccn[nH]1. The van der Waals surface area contributed by atoms with Crippen molar-refractivity contribution in [2.75, 3.05) is 13.1 Å². The molecule has 1 amide bonds. The van der Waals surface area contributed by atoms with Crippen LogP contribution in [0.25, 0.3) is 0 Å². The zero-order chi connectivity index (χ0) is 10.7. The van der Waals surface area contributed by atoms with Crippen LogP contribution in [-0.4, -0.2) is 40.1 Å². The molecule has 0 spiro atoms. The summed E-state index contributed by atoms with van der Waals surface area (Å²) in [6.07, 6.45) is 4.83. The highest BCUT2D eigenvalue weighted by Gasteiger charge is 2.26. The maximum atomic E-state index is 12.0. The Morgan fingerprint density at radius 2 is 2.53 bits per heavy atom. The second kappa shape index (κ2) is 4.44. The normalized spacial score (nSPS) is 21.7. The first-order chi connectivity index (χ1) is 7.33. The van der Waals surface area contributed by atoms with Crippen molar-refractivity contribution < 1.29 is 4.79 Å². The van der Waals surface area contributed by atoms with Crippen LogP contribution < -0.4 is 5.73 Å². The number of carbonyl (C=O) groups excluding carboxylic acids is 1. The summed E-state index contributed by atoms with van der Waals surface area (Å²) in [6.45, 7) is 1.35. The van der Waals surface area contributed by atoms with E-state index in [0.717, 1.165) is 25.8 Å². The van der Waals surface area contributed by atoms with Gasteiger partial charge in [0.15, 0.2) is 0 Å². The number of piperidine rings is 1. The molecule has 1 saturated heterocycles. The molecule has 1 fully saturated rings. The van der Waals surface area contributed by atoms with E-state index in [1.807, 2.05) is 4.90 Å². The number of carbonyl (C=O) groups is 1. The quantitative estimate of drug-likeness (QED) is 0.737. The minimum atomic E-state index is 0.0163. The summed E-state index contributed by atoms with van der Waals surface area (Å²) < 4.78 is 0. The fraction of sp³-hybridized carbons (Fsp3) is 0.600. The Kier molecular flexibility index (Phi) is 3.01. The van der Waals surface area contributed by atoms with Crippen LogP contribution in [0.3, 0.4) is 0 Å². The molecule has 3 N–H and O–H groups in total. The van der Waals surface area contributed by atoms with Gasteiger partial charge in [0.2, 0.25) is 0 Å². The zero-order valence-electron chi connectivity index (χ0n) is 8.65. The maximum absolute atomic E-state index is 12.0. The summed E-state index contributed by atoms with van der Waals surface area (Å²) in [5, 5.41) is 6.48. The lowest BCUT2D eigenvalue weighted by Gasteiger charge is -2.34. The molecular weight excluding hydrogens is 192 g/mol. The molecule has 82 valence electrons. The molecule has 5 nitrogen and oxygen atoms in total. The largest absolute Gasteiger partial charge is 0.333 e. The van der Waals surface area contributed by atoms with Crippen LogP contribution in [0, 0.1) is 0 Å². The molecule has 0 aliphatic carbocycles. The number of nitrogens with one attached hydrogen (secondary N) is 1. The average molecular weight is 208 g/mol. The van der Waals surface area contributed by atoms with Gasteiger partial charge in [-0.3, -0.25) is 9.89 Å². The van der Waals surface area contributed by atoms with Crippen molar-refractivity contribution in [2.24, 2.45) is 5.73 Å². The Balaban J connectivity index is 2.11. The van der Waals surface area contributed by atoms with E-state index in [1.54, 1.807) is 12.3 Å². The first kappa shape index (κ1) is 10.2. The highest BCUT2D eigenvalue weighted by molar-refractivity contribution is 5.92. The Labute approximate surface area is 88.6 Å². The van der Waals surface area contributed by atoms with Crippen molar-refractivity contribution >= 4 is 5.91 Å². The third kappa shape index (κ3) is 2.02. The predicted octanol–water partition coefficient (Wildman–Crippen LogP) is 0.363. The molecule has 0 aromatic carbocycles. The van der Waals surface area contributed by atoms with Gasteiger partial charge in [-0.1, -0.05) is 0 Å². The van der Waals surface area contributed by atoms with E-state index in [2.05, 4.69) is 10.2 Å². The van der Waals surface area contributed by atoms with E-state index in [9.17, 15) is 4.79 Å². The summed E-state index contributed by atoms with van der Waals surface area (Å²) in [7, 11) is 0. The number of aromatic amines is 1. The molecule has 5 heteroatoms. The molecule has 0 saturated carbocycles. The van der Waals surface area contributed by atoms with Crippen molar-refractivity contribution in [1.29, 1.82) is 0 Å². The second-order valence-electron chi connectivity index (χ2n) is 3.85. The van der Waals surface area contributed by atoms with Crippen LogP contribution >= 0.6 is 0 Å². The van der Waals surface area contributed by atoms with Crippen molar-refractivity contribution in [1.82, 2.24) is 15.1 Å². The Morgan fingerprint density at radius 3 is 3.20 bits per heavy atom. The monoisotopic (exact) mass is 208 g/mol. The number of hydrogen-bond acceptors (Lipinski definition) is 3. The van der Waals surface area contributed by atoms with Gasteiger partial charge >= 0.3 is 0 Å². The van der Waals surface area contributed by atoms with Crippen LogP contribution in [0.4, 0.5) is 0 Å². The van der Waals surface area contributed by atoms with Crippen molar-refractivity contribution in [3.05, 3.63) is 18.0 Å². The molecule has 1 aliphatic rings. The van der Waals surface area contributed by atoms with Gasteiger partial charge in [0.05, 0.1) is 0 Å². The number of aromatic nitrogens is 2. The molecule has 1 atom stereocenters. The van der Waals surface area contributed by atoms with E-state index in [1.165, 1.54) is 0 Å². The molecule has 1 unspecified atom stereocenters. The van der Waals surface area contributed by atoms with Crippen LogP contribution in [0.5, 0.6) is 0 Å². The topological polar surface area (TPSA) is 75.0 Å². The molecular formula is C10H16N4O. The van der Waals surface area contributed by atoms with Crippen LogP contribution in [0.2, 0.25) is 0 Å². The molecule has 0 bridgehead atoms. The third-order valence-electron chi connectivity index (χ3n) is 2.89. The molecule has 2 rings (SSSR count). The predicted molar refractivity (Wildman–Crippen MR) is 56.3 cm³/mol. The standard InChI is InChI=1S/C10H16N4O/c11-7-8-3-1-2-6-14(8)10(15)9-4-5-12-13-9/h4-5,8H,1-3,6-7,11H2,(H,12,13). The number of rotatable bonds is 2. The summed E-state index contributed by atoms with van der Waals surface area (Å²) >= 11 is 0. The first-order valence-corrected chi connectivity index (χ1v) is 5.33. The minimum Gasteiger partial charge on any atom is -0.333 e. The number of amides is 1. The van der Waals surface area contributed by atoms with E-state index in [4.69, 9.17) is 5.73 Å². The summed E-state index contributed by atoms with van der Waals surface area (Å²) in [5.74, 6) is 0.0163. The Hall–Kier alpha value is -1.36. The number of hydrogen-bond donors (Lipinski definition) is 2. The molecule has 1 aliphatic heterocycles. The zero-order valence-corrected chi connectivity index (χ0v) is 8.65. The number of likely N-dealkylation sites (tertiary alicyclic amines) is 1. The molecule has 2 heterocycles. The van der Waals surface area contributed by atoms with E-state index in [0.29, 0.717) is 12.2 Å². The average Bonchev–Trinajstić information content (AvgIpc) is 2.81. The molecule has 1 aromatic rings. The lowest BCUT2D eigenvalue weighted by Crippen LogP contribution is -2.47. The van der Waals surface area contributed by atoms with E-state index in [-0.39, 0.29) is 11.9 Å². The van der Waals surface area contributed by atoms with Gasteiger partial charge in [-0.05, 0) is 25.3 Å². The van der Waals surface area contributed by atoms with Gasteiger partial charge in [-0.25, -0.2) is 0 Å². The first-order valence-electron chi connectivity index (χ1n) is 5.33. The number of nitrogens with two attached hydrogens (primary N) is 1. The summed E-state index contributed by atoms with van der Waals surface area (Å²) in [5.41, 5.74) is 6.22. The summed E-state index contributed by atoms with van der Waals surface area (Å²) in [4.78, 5) is 13.9. The molecule has 15 heavy (non-hydrogen) atoms. The number of H-pyrrole nitrogens is 1. The minimum absolute atomic E-state index is 0.0163. The smallest absolute Gasteiger partial charge is 0.272 e. The lowest BCUT2D eigenvalue weighted by atomic mass is 10.0.